The minimum Gasteiger partial charge on any atom is -0.457 e. The van der Waals surface area contributed by atoms with Crippen LogP contribution in [0, 0.1) is 13.8 Å². The van der Waals surface area contributed by atoms with Gasteiger partial charge in [-0.25, -0.2) is 4.98 Å². The summed E-state index contributed by atoms with van der Waals surface area (Å²) >= 11 is 0. The molecule has 0 amide bonds. The Hall–Kier alpha value is -4.77. The Kier molecular flexibility index (Phi) is 6.93. The van der Waals surface area contributed by atoms with Crippen LogP contribution in [0.3, 0.4) is 0 Å². The van der Waals surface area contributed by atoms with Gasteiger partial charge >= 0.3 is 0 Å². The van der Waals surface area contributed by atoms with Gasteiger partial charge in [-0.1, -0.05) is 65.3 Å². The zero-order chi connectivity index (χ0) is 32.5. The smallest absolute Gasteiger partial charge is 0.137 e. The SMILES string of the molecule is Cc1cc(C)c2c(c1)c1ccc(Oc3cc(C4=CN(C)C5=CC=CCN45)cc(C(C)(C)C)c3)cc1n2-c1cc(C(C)(C)C)ccn1. The molecule has 2 aromatic heterocycles. The summed E-state index contributed by atoms with van der Waals surface area (Å²) in [5.41, 5.74) is 9.54. The lowest BCUT2D eigenvalue weighted by atomic mass is 9.85. The summed E-state index contributed by atoms with van der Waals surface area (Å²) in [6.45, 7) is 18.7. The van der Waals surface area contributed by atoms with Gasteiger partial charge in [0, 0.05) is 48.4 Å². The van der Waals surface area contributed by atoms with Crippen molar-refractivity contribution in [1.82, 2.24) is 19.4 Å². The maximum absolute atomic E-state index is 6.78. The largest absolute Gasteiger partial charge is 0.457 e. The number of fused-ring (bicyclic) bond motifs is 4. The van der Waals surface area contributed by atoms with Crippen molar-refractivity contribution in [3.05, 3.63) is 125 Å². The average Bonchev–Trinajstić information content (AvgIpc) is 3.51. The van der Waals surface area contributed by atoms with Gasteiger partial charge in [-0.15, -0.1) is 0 Å². The third kappa shape index (κ3) is 5.18. The van der Waals surface area contributed by atoms with Crippen LogP contribution in [0.4, 0.5) is 0 Å². The normalized spacial score (nSPS) is 15.1. The lowest BCUT2D eigenvalue weighted by Crippen LogP contribution is -2.24. The predicted octanol–water partition coefficient (Wildman–Crippen LogP) is 10.1. The molecule has 0 unspecified atom stereocenters. The van der Waals surface area contributed by atoms with Gasteiger partial charge in [-0.3, -0.25) is 4.57 Å². The molecule has 3 aromatic carbocycles. The van der Waals surface area contributed by atoms with Crippen molar-refractivity contribution in [1.29, 1.82) is 0 Å². The molecule has 0 saturated carbocycles. The van der Waals surface area contributed by atoms with Crippen LogP contribution >= 0.6 is 0 Å². The van der Waals surface area contributed by atoms with Crippen molar-refractivity contribution in [2.24, 2.45) is 0 Å². The van der Waals surface area contributed by atoms with E-state index in [4.69, 9.17) is 9.72 Å². The second kappa shape index (κ2) is 10.7. The van der Waals surface area contributed by atoms with Crippen molar-refractivity contribution in [3.63, 3.8) is 0 Å². The number of aromatic nitrogens is 2. The molecule has 4 heterocycles. The molecule has 0 fully saturated rings. The highest BCUT2D eigenvalue weighted by Crippen LogP contribution is 2.40. The van der Waals surface area contributed by atoms with Crippen molar-refractivity contribution < 1.29 is 4.74 Å². The predicted molar refractivity (Wildman–Crippen MR) is 192 cm³/mol. The first kappa shape index (κ1) is 29.9. The lowest BCUT2D eigenvalue weighted by Gasteiger charge is -2.27. The summed E-state index contributed by atoms with van der Waals surface area (Å²) < 4.78 is 9.10. The number of benzene rings is 3. The second-order valence-electron chi connectivity index (χ2n) is 14.9. The van der Waals surface area contributed by atoms with E-state index in [9.17, 15) is 0 Å². The summed E-state index contributed by atoms with van der Waals surface area (Å²) in [4.78, 5) is 9.46. The molecular formula is C41H44N4O. The van der Waals surface area contributed by atoms with Crippen LogP contribution in [0.2, 0.25) is 0 Å². The summed E-state index contributed by atoms with van der Waals surface area (Å²) in [7, 11) is 2.11. The van der Waals surface area contributed by atoms with Crippen LogP contribution in [0.25, 0.3) is 33.3 Å². The van der Waals surface area contributed by atoms with Crippen LogP contribution < -0.4 is 4.74 Å². The van der Waals surface area contributed by atoms with Crippen molar-refractivity contribution in [3.8, 4) is 17.3 Å². The Morgan fingerprint density at radius 3 is 2.33 bits per heavy atom. The Morgan fingerprint density at radius 2 is 1.57 bits per heavy atom. The van der Waals surface area contributed by atoms with Crippen LogP contribution in [0.1, 0.15) is 69.4 Å². The fraction of sp³-hybridized carbons (Fsp3) is 0.293. The third-order valence-electron chi connectivity index (χ3n) is 9.23. The first-order valence-electron chi connectivity index (χ1n) is 16.2. The number of nitrogens with zero attached hydrogens (tertiary/aromatic N) is 4. The fourth-order valence-electron chi connectivity index (χ4n) is 6.77. The molecule has 2 aliphatic rings. The topological polar surface area (TPSA) is 33.5 Å². The first-order valence-corrected chi connectivity index (χ1v) is 16.2. The van der Waals surface area contributed by atoms with Crippen LogP contribution in [-0.4, -0.2) is 32.9 Å². The van der Waals surface area contributed by atoms with Gasteiger partial charge in [-0.2, -0.15) is 0 Å². The molecule has 5 aromatic rings. The standard InChI is InChI=1S/C41H44N4O/c1-26-18-27(2)39-34(19-26)33-14-13-31(24-35(33)45(39)37-23-29(15-16-42-37)40(3,4)5)46-32-21-28(20-30(22-32)41(6,7)8)36-25-43(9)38-12-10-11-17-44(36)38/h10-16,18-25H,17H2,1-9H3. The van der Waals surface area contributed by atoms with Crippen LogP contribution in [0.15, 0.2) is 97.1 Å². The van der Waals surface area contributed by atoms with Gasteiger partial charge in [-0.05, 0) is 96.0 Å². The lowest BCUT2D eigenvalue weighted by molar-refractivity contribution is 0.426. The highest BCUT2D eigenvalue weighted by molar-refractivity contribution is 6.10. The number of allylic oxidation sites excluding steroid dienone is 2. The average molecular weight is 609 g/mol. The molecule has 0 N–H and O–H groups in total. The summed E-state index contributed by atoms with van der Waals surface area (Å²) in [5, 5.41) is 2.42. The maximum atomic E-state index is 6.78. The number of hydrogen-bond acceptors (Lipinski definition) is 4. The number of ether oxygens (including phenoxy) is 1. The number of pyridine rings is 1. The van der Waals surface area contributed by atoms with E-state index >= 15 is 0 Å². The fourth-order valence-corrected chi connectivity index (χ4v) is 6.77. The summed E-state index contributed by atoms with van der Waals surface area (Å²) in [6, 6.07) is 22.1. The molecule has 7 rings (SSSR count). The molecule has 2 aliphatic heterocycles. The molecule has 5 heteroatoms. The van der Waals surface area contributed by atoms with E-state index in [0.717, 1.165) is 34.9 Å². The molecule has 0 radical (unpaired) electrons. The van der Waals surface area contributed by atoms with Gasteiger partial charge in [0.2, 0.25) is 0 Å². The number of hydrogen-bond donors (Lipinski definition) is 0. The van der Waals surface area contributed by atoms with Gasteiger partial charge in [0.25, 0.3) is 0 Å². The van der Waals surface area contributed by atoms with Gasteiger partial charge in [0.1, 0.15) is 23.1 Å². The minimum absolute atomic E-state index is 0.0107. The third-order valence-corrected chi connectivity index (χ3v) is 9.23. The van der Waals surface area contributed by atoms with E-state index in [2.05, 4.69) is 162 Å². The van der Waals surface area contributed by atoms with Crippen molar-refractivity contribution >= 4 is 27.5 Å². The summed E-state index contributed by atoms with van der Waals surface area (Å²) in [5.74, 6) is 3.74. The first-order chi connectivity index (χ1) is 21.8. The van der Waals surface area contributed by atoms with Gasteiger partial charge < -0.3 is 14.5 Å². The molecule has 0 spiro atoms. The van der Waals surface area contributed by atoms with E-state index in [1.165, 1.54) is 50.1 Å². The highest BCUT2D eigenvalue weighted by Gasteiger charge is 2.28. The second-order valence-corrected chi connectivity index (χ2v) is 14.9. The van der Waals surface area contributed by atoms with E-state index < -0.39 is 0 Å². The van der Waals surface area contributed by atoms with E-state index in [1.54, 1.807) is 0 Å². The summed E-state index contributed by atoms with van der Waals surface area (Å²) in [6.07, 6.45) is 10.7. The Bertz CT molecular complexity index is 2110. The van der Waals surface area contributed by atoms with E-state index in [0.29, 0.717) is 0 Å². The Labute approximate surface area is 273 Å². The van der Waals surface area contributed by atoms with Crippen LogP contribution in [0.5, 0.6) is 11.5 Å². The molecule has 0 bridgehead atoms. The van der Waals surface area contributed by atoms with E-state index in [1.807, 2.05) is 6.20 Å². The molecule has 46 heavy (non-hydrogen) atoms. The number of aryl methyl sites for hydroxylation is 2. The van der Waals surface area contributed by atoms with Gasteiger partial charge in [0.15, 0.2) is 0 Å². The zero-order valence-corrected chi connectivity index (χ0v) is 28.6. The molecule has 0 aliphatic carbocycles. The molecule has 5 nitrogen and oxygen atoms in total. The minimum atomic E-state index is -0.0465. The quantitative estimate of drug-likeness (QED) is 0.203. The molecular weight excluding hydrogens is 564 g/mol. The maximum Gasteiger partial charge on any atom is 0.137 e. The monoisotopic (exact) mass is 608 g/mol. The molecule has 0 saturated heterocycles. The molecule has 234 valence electrons. The Balaban J connectivity index is 1.37. The Morgan fingerprint density at radius 1 is 0.783 bits per heavy atom. The van der Waals surface area contributed by atoms with Crippen molar-refractivity contribution in [2.75, 3.05) is 13.6 Å². The number of rotatable bonds is 4. The molecule has 0 atom stereocenters. The highest BCUT2D eigenvalue weighted by atomic mass is 16.5. The van der Waals surface area contributed by atoms with Crippen molar-refractivity contribution in [2.45, 2.75) is 66.2 Å². The van der Waals surface area contributed by atoms with Crippen LogP contribution in [-0.2, 0) is 10.8 Å². The van der Waals surface area contributed by atoms with E-state index in [-0.39, 0.29) is 10.8 Å². The zero-order valence-electron chi connectivity index (χ0n) is 28.6. The van der Waals surface area contributed by atoms with Gasteiger partial charge in [0.05, 0.1) is 16.7 Å².